The minimum absolute atomic E-state index is 0.251. The van der Waals surface area contributed by atoms with Gasteiger partial charge in [-0.1, -0.05) is 36.4 Å². The second kappa shape index (κ2) is 6.72. The summed E-state index contributed by atoms with van der Waals surface area (Å²) in [7, 11) is 0. The van der Waals surface area contributed by atoms with Crippen molar-refractivity contribution < 1.29 is 9.53 Å². The maximum absolute atomic E-state index is 11.9. The molecule has 0 unspecified atom stereocenters. The molecule has 0 aliphatic carbocycles. The van der Waals surface area contributed by atoms with Gasteiger partial charge in [-0.3, -0.25) is 0 Å². The minimum atomic E-state index is -0.554. The summed E-state index contributed by atoms with van der Waals surface area (Å²) >= 11 is 3.29. The van der Waals surface area contributed by atoms with Crippen LogP contribution in [0.3, 0.4) is 0 Å². The van der Waals surface area contributed by atoms with Gasteiger partial charge in [-0.05, 0) is 47.0 Å². The van der Waals surface area contributed by atoms with Crippen LogP contribution in [0.25, 0.3) is 0 Å². The van der Waals surface area contributed by atoms with Crippen LogP contribution < -0.4 is 5.32 Å². The number of benzene rings is 1. The Labute approximate surface area is 132 Å². The smallest absolute Gasteiger partial charge is 0.408 e. The zero-order valence-corrected chi connectivity index (χ0v) is 13.6. The highest BCUT2D eigenvalue weighted by atomic mass is 79.9. The molecule has 1 heterocycles. The van der Waals surface area contributed by atoms with Gasteiger partial charge in [-0.15, -0.1) is 0 Å². The standard InChI is InChI=1S/C16H17BrN2O2/c1-16(2,13-8-9-14(17)18-10-13)19-15(20)21-11-12-6-4-3-5-7-12/h3-10H,11H2,1-2H3,(H,19,20). The molecule has 21 heavy (non-hydrogen) atoms. The number of pyridine rings is 1. The van der Waals surface area contributed by atoms with E-state index in [9.17, 15) is 4.79 Å². The molecule has 2 rings (SSSR count). The second-order valence-electron chi connectivity index (χ2n) is 5.18. The van der Waals surface area contributed by atoms with Crippen LogP contribution in [0.2, 0.25) is 0 Å². The van der Waals surface area contributed by atoms with E-state index in [1.807, 2.05) is 56.3 Å². The Bertz CT molecular complexity index is 597. The molecule has 0 radical (unpaired) electrons. The van der Waals surface area contributed by atoms with Crippen molar-refractivity contribution in [3.63, 3.8) is 0 Å². The molecule has 1 N–H and O–H groups in total. The van der Waals surface area contributed by atoms with Gasteiger partial charge in [0.1, 0.15) is 11.2 Å². The summed E-state index contributed by atoms with van der Waals surface area (Å²) in [6, 6.07) is 13.3. The molecule has 2 aromatic rings. The zero-order valence-electron chi connectivity index (χ0n) is 12.0. The van der Waals surface area contributed by atoms with Crippen LogP contribution in [0.1, 0.15) is 25.0 Å². The van der Waals surface area contributed by atoms with E-state index in [4.69, 9.17) is 4.74 Å². The fourth-order valence-corrected chi connectivity index (χ4v) is 2.07. The predicted octanol–water partition coefficient (Wildman–Crippen LogP) is 4.01. The Kier molecular flexibility index (Phi) is 4.96. The van der Waals surface area contributed by atoms with Gasteiger partial charge in [0.05, 0.1) is 5.54 Å². The average molecular weight is 349 g/mol. The number of hydrogen-bond acceptors (Lipinski definition) is 3. The maximum atomic E-state index is 11.9. The number of aromatic nitrogens is 1. The van der Waals surface area contributed by atoms with Gasteiger partial charge in [0.25, 0.3) is 0 Å². The summed E-state index contributed by atoms with van der Waals surface area (Å²) in [6.45, 7) is 4.06. The van der Waals surface area contributed by atoms with Crippen molar-refractivity contribution in [2.45, 2.75) is 26.0 Å². The number of halogens is 1. The van der Waals surface area contributed by atoms with Gasteiger partial charge in [-0.2, -0.15) is 0 Å². The van der Waals surface area contributed by atoms with Crippen LogP contribution in [0.15, 0.2) is 53.3 Å². The highest BCUT2D eigenvalue weighted by Gasteiger charge is 2.23. The molecular formula is C16H17BrN2O2. The Hall–Kier alpha value is -1.88. The average Bonchev–Trinajstić information content (AvgIpc) is 2.46. The lowest BCUT2D eigenvalue weighted by atomic mass is 9.96. The first-order valence-corrected chi connectivity index (χ1v) is 7.37. The number of carbonyl (C=O) groups is 1. The van der Waals surface area contributed by atoms with Crippen molar-refractivity contribution in [2.75, 3.05) is 0 Å². The van der Waals surface area contributed by atoms with E-state index in [1.54, 1.807) is 6.20 Å². The van der Waals surface area contributed by atoms with E-state index in [-0.39, 0.29) is 6.61 Å². The molecule has 0 bridgehead atoms. The number of rotatable bonds is 4. The molecule has 0 spiro atoms. The molecular weight excluding hydrogens is 332 g/mol. The fraction of sp³-hybridized carbons (Fsp3) is 0.250. The summed E-state index contributed by atoms with van der Waals surface area (Å²) in [5.74, 6) is 0. The number of ether oxygens (including phenoxy) is 1. The highest BCUT2D eigenvalue weighted by molar-refractivity contribution is 9.10. The van der Waals surface area contributed by atoms with Crippen molar-refractivity contribution in [1.82, 2.24) is 10.3 Å². The molecule has 0 saturated heterocycles. The summed E-state index contributed by atoms with van der Waals surface area (Å²) in [4.78, 5) is 16.1. The Morgan fingerprint density at radius 3 is 2.57 bits per heavy atom. The number of hydrogen-bond donors (Lipinski definition) is 1. The lowest BCUT2D eigenvalue weighted by Crippen LogP contribution is -2.41. The Morgan fingerprint density at radius 2 is 1.95 bits per heavy atom. The third-order valence-electron chi connectivity index (χ3n) is 3.08. The van der Waals surface area contributed by atoms with Crippen LogP contribution in [0.5, 0.6) is 0 Å². The molecule has 1 aromatic carbocycles. The second-order valence-corrected chi connectivity index (χ2v) is 5.99. The van der Waals surface area contributed by atoms with Crippen LogP contribution >= 0.6 is 15.9 Å². The van der Waals surface area contributed by atoms with Crippen molar-refractivity contribution in [1.29, 1.82) is 0 Å². The fourth-order valence-electron chi connectivity index (χ4n) is 1.83. The normalized spacial score (nSPS) is 11.0. The van der Waals surface area contributed by atoms with Gasteiger partial charge in [0.15, 0.2) is 0 Å². The van der Waals surface area contributed by atoms with Gasteiger partial charge in [0, 0.05) is 6.20 Å². The summed E-state index contributed by atoms with van der Waals surface area (Å²) in [6.07, 6.45) is 1.27. The molecule has 4 nitrogen and oxygen atoms in total. The van der Waals surface area contributed by atoms with E-state index in [2.05, 4.69) is 26.2 Å². The zero-order chi connectivity index (χ0) is 15.3. The van der Waals surface area contributed by atoms with Crippen LogP contribution in [-0.4, -0.2) is 11.1 Å². The first-order valence-electron chi connectivity index (χ1n) is 6.58. The number of carbonyl (C=O) groups excluding carboxylic acids is 1. The lowest BCUT2D eigenvalue weighted by molar-refractivity contribution is 0.129. The van der Waals surface area contributed by atoms with E-state index >= 15 is 0 Å². The molecule has 0 aliphatic rings. The van der Waals surface area contributed by atoms with Gasteiger partial charge in [0.2, 0.25) is 0 Å². The predicted molar refractivity (Wildman–Crippen MR) is 84.7 cm³/mol. The largest absolute Gasteiger partial charge is 0.445 e. The first-order chi connectivity index (χ1) is 9.97. The van der Waals surface area contributed by atoms with E-state index in [0.717, 1.165) is 15.7 Å². The molecule has 1 aromatic heterocycles. The number of nitrogens with zero attached hydrogens (tertiary/aromatic N) is 1. The third-order valence-corrected chi connectivity index (χ3v) is 3.55. The van der Waals surface area contributed by atoms with Crippen LogP contribution in [0.4, 0.5) is 4.79 Å². The Balaban J connectivity index is 1.93. The van der Waals surface area contributed by atoms with Crippen molar-refractivity contribution in [3.05, 3.63) is 64.4 Å². The SMILES string of the molecule is CC(C)(NC(=O)OCc1ccccc1)c1ccc(Br)nc1. The minimum Gasteiger partial charge on any atom is -0.445 e. The molecule has 0 atom stereocenters. The van der Waals surface area contributed by atoms with E-state index < -0.39 is 11.6 Å². The monoisotopic (exact) mass is 348 g/mol. The van der Waals surface area contributed by atoms with E-state index in [1.165, 1.54) is 0 Å². The third kappa shape index (κ3) is 4.56. The van der Waals surface area contributed by atoms with Gasteiger partial charge >= 0.3 is 6.09 Å². The lowest BCUT2D eigenvalue weighted by Gasteiger charge is -2.26. The number of nitrogens with one attached hydrogen (secondary N) is 1. The number of alkyl carbamates (subject to hydrolysis) is 1. The molecule has 0 fully saturated rings. The topological polar surface area (TPSA) is 51.2 Å². The first kappa shape index (κ1) is 15.5. The van der Waals surface area contributed by atoms with E-state index in [0.29, 0.717) is 0 Å². The molecule has 5 heteroatoms. The van der Waals surface area contributed by atoms with Crippen molar-refractivity contribution >= 4 is 22.0 Å². The van der Waals surface area contributed by atoms with Crippen molar-refractivity contribution in [2.24, 2.45) is 0 Å². The summed E-state index contributed by atoms with van der Waals surface area (Å²) in [5.41, 5.74) is 1.31. The summed E-state index contributed by atoms with van der Waals surface area (Å²) in [5, 5.41) is 2.85. The maximum Gasteiger partial charge on any atom is 0.408 e. The number of amides is 1. The van der Waals surface area contributed by atoms with Crippen molar-refractivity contribution in [3.8, 4) is 0 Å². The van der Waals surface area contributed by atoms with Gasteiger partial charge in [-0.25, -0.2) is 9.78 Å². The molecule has 1 amide bonds. The molecule has 110 valence electrons. The van der Waals surface area contributed by atoms with Crippen LogP contribution in [0, 0.1) is 0 Å². The van der Waals surface area contributed by atoms with Crippen LogP contribution in [-0.2, 0) is 16.9 Å². The summed E-state index contributed by atoms with van der Waals surface area (Å²) < 4.78 is 5.99. The molecule has 0 saturated carbocycles. The quantitative estimate of drug-likeness (QED) is 0.849. The highest BCUT2D eigenvalue weighted by Crippen LogP contribution is 2.20. The molecule has 0 aliphatic heterocycles. The van der Waals surface area contributed by atoms with Gasteiger partial charge < -0.3 is 10.1 Å². The Morgan fingerprint density at radius 1 is 1.24 bits per heavy atom.